The number of pyridine rings is 1. The Morgan fingerprint density at radius 2 is 1.52 bits per heavy atom. The van der Waals surface area contributed by atoms with E-state index >= 15 is 0 Å². The van der Waals surface area contributed by atoms with Crippen LogP contribution in [0.2, 0.25) is 0 Å². The molecule has 21 heavy (non-hydrogen) atoms. The highest BCUT2D eigenvalue weighted by Crippen LogP contribution is 2.35. The topological polar surface area (TPSA) is 24.9 Å². The quantitative estimate of drug-likeness (QED) is 0.865. The summed E-state index contributed by atoms with van der Waals surface area (Å²) in [4.78, 5) is 4.28. The molecule has 0 aliphatic rings. The number of anilines is 1. The standard InChI is InChI=1S/C16H17F3N2/c1-9-5-10(2)15(11(3)6-9)13-7-12(16(17,18)19)8-14(20-4)21-13/h5-8H,1-4H3,(H,20,21). The Bertz CT molecular complexity index is 653. The van der Waals surface area contributed by atoms with Gasteiger partial charge < -0.3 is 5.32 Å². The van der Waals surface area contributed by atoms with E-state index in [4.69, 9.17) is 0 Å². The third-order valence-corrected chi connectivity index (χ3v) is 3.34. The molecule has 0 saturated heterocycles. The molecule has 2 aromatic rings. The normalized spacial score (nSPS) is 11.6. The number of benzene rings is 1. The van der Waals surface area contributed by atoms with Crippen LogP contribution in [0.1, 0.15) is 22.3 Å². The van der Waals surface area contributed by atoms with E-state index in [1.165, 1.54) is 0 Å². The van der Waals surface area contributed by atoms with Crippen molar-refractivity contribution in [1.29, 1.82) is 0 Å². The Morgan fingerprint density at radius 3 is 2.00 bits per heavy atom. The highest BCUT2D eigenvalue weighted by Gasteiger charge is 2.32. The van der Waals surface area contributed by atoms with Crippen molar-refractivity contribution in [3.05, 3.63) is 46.5 Å². The number of halogens is 3. The Kier molecular flexibility index (Phi) is 3.94. The van der Waals surface area contributed by atoms with Crippen molar-refractivity contribution < 1.29 is 13.2 Å². The van der Waals surface area contributed by atoms with Crippen LogP contribution in [0.25, 0.3) is 11.3 Å². The van der Waals surface area contributed by atoms with Crippen LogP contribution in [0.5, 0.6) is 0 Å². The molecule has 1 aromatic heterocycles. The molecule has 2 rings (SSSR count). The Hall–Kier alpha value is -2.04. The van der Waals surface area contributed by atoms with Crippen LogP contribution in [0.3, 0.4) is 0 Å². The minimum Gasteiger partial charge on any atom is -0.373 e. The van der Waals surface area contributed by atoms with Gasteiger partial charge >= 0.3 is 6.18 Å². The SMILES string of the molecule is CNc1cc(C(F)(F)F)cc(-c2c(C)cc(C)cc2C)n1. The molecule has 112 valence electrons. The molecule has 0 amide bonds. The second kappa shape index (κ2) is 5.39. The molecule has 0 atom stereocenters. The molecule has 0 aliphatic heterocycles. The van der Waals surface area contributed by atoms with Crippen molar-refractivity contribution in [3.63, 3.8) is 0 Å². The van der Waals surface area contributed by atoms with Crippen LogP contribution in [-0.2, 0) is 6.18 Å². The zero-order chi connectivity index (χ0) is 15.8. The summed E-state index contributed by atoms with van der Waals surface area (Å²) in [5.41, 5.74) is 3.31. The lowest BCUT2D eigenvalue weighted by Gasteiger charge is -2.15. The summed E-state index contributed by atoms with van der Waals surface area (Å²) in [5.74, 6) is 0.208. The van der Waals surface area contributed by atoms with Gasteiger partial charge in [-0.15, -0.1) is 0 Å². The van der Waals surface area contributed by atoms with Gasteiger partial charge in [-0.05, 0) is 44.0 Å². The van der Waals surface area contributed by atoms with E-state index in [0.29, 0.717) is 5.69 Å². The first-order chi connectivity index (χ1) is 9.72. The van der Waals surface area contributed by atoms with Crippen LogP contribution in [-0.4, -0.2) is 12.0 Å². The Balaban J connectivity index is 2.70. The molecule has 0 saturated carbocycles. The predicted octanol–water partition coefficient (Wildman–Crippen LogP) is 4.73. The first-order valence-electron chi connectivity index (χ1n) is 6.57. The summed E-state index contributed by atoms with van der Waals surface area (Å²) < 4.78 is 39.0. The third-order valence-electron chi connectivity index (χ3n) is 3.34. The first-order valence-corrected chi connectivity index (χ1v) is 6.57. The predicted molar refractivity (Wildman–Crippen MR) is 78.4 cm³/mol. The molecule has 0 aliphatic carbocycles. The van der Waals surface area contributed by atoms with Crippen LogP contribution >= 0.6 is 0 Å². The smallest absolute Gasteiger partial charge is 0.373 e. The van der Waals surface area contributed by atoms with Crippen molar-refractivity contribution in [2.45, 2.75) is 26.9 Å². The lowest BCUT2D eigenvalue weighted by molar-refractivity contribution is -0.137. The van der Waals surface area contributed by atoms with Gasteiger partial charge in [-0.3, -0.25) is 0 Å². The van der Waals surface area contributed by atoms with E-state index in [1.54, 1.807) is 7.05 Å². The van der Waals surface area contributed by atoms with Crippen molar-refractivity contribution in [1.82, 2.24) is 4.98 Å². The molecule has 1 heterocycles. The molecule has 1 aromatic carbocycles. The minimum absolute atomic E-state index is 0.208. The number of nitrogens with one attached hydrogen (secondary N) is 1. The van der Waals surface area contributed by atoms with Crippen LogP contribution in [0, 0.1) is 20.8 Å². The van der Waals surface area contributed by atoms with E-state index in [-0.39, 0.29) is 5.82 Å². The lowest BCUT2D eigenvalue weighted by Crippen LogP contribution is -2.08. The van der Waals surface area contributed by atoms with Gasteiger partial charge in [0.15, 0.2) is 0 Å². The maximum absolute atomic E-state index is 13.0. The Labute approximate surface area is 122 Å². The molecular weight excluding hydrogens is 277 g/mol. The van der Waals surface area contributed by atoms with Gasteiger partial charge in [0.05, 0.1) is 11.3 Å². The van der Waals surface area contributed by atoms with Crippen molar-refractivity contribution >= 4 is 5.82 Å². The van der Waals surface area contributed by atoms with E-state index in [0.717, 1.165) is 34.4 Å². The number of aryl methyl sites for hydroxylation is 3. The monoisotopic (exact) mass is 294 g/mol. The van der Waals surface area contributed by atoms with E-state index in [2.05, 4.69) is 10.3 Å². The van der Waals surface area contributed by atoms with E-state index in [1.807, 2.05) is 32.9 Å². The summed E-state index contributed by atoms with van der Waals surface area (Å²) in [6, 6.07) is 6.01. The highest BCUT2D eigenvalue weighted by atomic mass is 19.4. The summed E-state index contributed by atoms with van der Waals surface area (Å²) >= 11 is 0. The van der Waals surface area contributed by atoms with Gasteiger partial charge in [-0.1, -0.05) is 17.7 Å². The van der Waals surface area contributed by atoms with Crippen LogP contribution in [0.4, 0.5) is 19.0 Å². The molecule has 0 bridgehead atoms. The largest absolute Gasteiger partial charge is 0.416 e. The average molecular weight is 294 g/mol. The van der Waals surface area contributed by atoms with Crippen molar-refractivity contribution in [3.8, 4) is 11.3 Å². The zero-order valence-corrected chi connectivity index (χ0v) is 12.4. The summed E-state index contributed by atoms with van der Waals surface area (Å²) in [6.45, 7) is 5.73. The molecule has 0 radical (unpaired) electrons. The molecule has 0 fully saturated rings. The average Bonchev–Trinajstić information content (AvgIpc) is 2.36. The number of alkyl halides is 3. The number of hydrogen-bond donors (Lipinski definition) is 1. The second-order valence-corrected chi connectivity index (χ2v) is 5.15. The maximum Gasteiger partial charge on any atom is 0.416 e. The van der Waals surface area contributed by atoms with Gasteiger partial charge in [0.2, 0.25) is 0 Å². The number of hydrogen-bond acceptors (Lipinski definition) is 2. The van der Waals surface area contributed by atoms with E-state index < -0.39 is 11.7 Å². The van der Waals surface area contributed by atoms with Crippen molar-refractivity contribution in [2.24, 2.45) is 0 Å². The Morgan fingerprint density at radius 1 is 0.952 bits per heavy atom. The fraction of sp³-hybridized carbons (Fsp3) is 0.312. The molecule has 0 spiro atoms. The van der Waals surface area contributed by atoms with Gasteiger partial charge in [0.25, 0.3) is 0 Å². The highest BCUT2D eigenvalue weighted by molar-refractivity contribution is 5.70. The number of rotatable bonds is 2. The van der Waals surface area contributed by atoms with Gasteiger partial charge in [-0.2, -0.15) is 13.2 Å². The van der Waals surface area contributed by atoms with Gasteiger partial charge in [-0.25, -0.2) is 4.98 Å². The van der Waals surface area contributed by atoms with E-state index in [9.17, 15) is 13.2 Å². The van der Waals surface area contributed by atoms with Crippen molar-refractivity contribution in [2.75, 3.05) is 12.4 Å². The minimum atomic E-state index is -4.39. The lowest BCUT2D eigenvalue weighted by atomic mass is 9.96. The second-order valence-electron chi connectivity index (χ2n) is 5.15. The summed E-state index contributed by atoms with van der Waals surface area (Å²) in [7, 11) is 1.56. The maximum atomic E-state index is 13.0. The summed E-state index contributed by atoms with van der Waals surface area (Å²) in [6.07, 6.45) is -4.39. The summed E-state index contributed by atoms with van der Waals surface area (Å²) in [5, 5.41) is 2.69. The van der Waals surface area contributed by atoms with Crippen LogP contribution < -0.4 is 5.32 Å². The number of aromatic nitrogens is 1. The molecule has 1 N–H and O–H groups in total. The molecule has 0 unspecified atom stereocenters. The zero-order valence-electron chi connectivity index (χ0n) is 12.4. The number of nitrogens with zero attached hydrogens (tertiary/aromatic N) is 1. The fourth-order valence-electron chi connectivity index (χ4n) is 2.53. The third kappa shape index (κ3) is 3.17. The van der Waals surface area contributed by atoms with Gasteiger partial charge in [0.1, 0.15) is 5.82 Å². The fourth-order valence-corrected chi connectivity index (χ4v) is 2.53. The first kappa shape index (κ1) is 15.4. The molecule has 5 heteroatoms. The molecule has 2 nitrogen and oxygen atoms in total. The molecular formula is C16H17F3N2. The van der Waals surface area contributed by atoms with Crippen LogP contribution in [0.15, 0.2) is 24.3 Å². The van der Waals surface area contributed by atoms with Gasteiger partial charge in [0, 0.05) is 12.6 Å².